The van der Waals surface area contributed by atoms with Gasteiger partial charge >= 0.3 is 0 Å². The molecule has 3 aromatic carbocycles. The quantitative estimate of drug-likeness (QED) is 0.0477. The van der Waals surface area contributed by atoms with Gasteiger partial charge in [0.05, 0.1) is 11.4 Å². The lowest BCUT2D eigenvalue weighted by Gasteiger charge is -2.15. The van der Waals surface area contributed by atoms with Crippen LogP contribution in [-0.4, -0.2) is 83.5 Å². The lowest BCUT2D eigenvalue weighted by molar-refractivity contribution is 0.567. The second kappa shape index (κ2) is 20.1. The van der Waals surface area contributed by atoms with Crippen LogP contribution in [0.3, 0.4) is 0 Å². The van der Waals surface area contributed by atoms with Crippen molar-refractivity contribution in [3.05, 3.63) is 78.1 Å². The zero-order chi connectivity index (χ0) is 30.7. The first-order chi connectivity index (χ1) is 21.8. The van der Waals surface area contributed by atoms with Crippen LogP contribution in [0.2, 0.25) is 0 Å². The maximum atomic E-state index is 5.53. The molecule has 0 aliphatic heterocycles. The van der Waals surface area contributed by atoms with E-state index in [2.05, 4.69) is 98.6 Å². The lowest BCUT2D eigenvalue weighted by Crippen LogP contribution is -2.31. The smallest absolute Gasteiger partial charge is 0.0551 e. The lowest BCUT2D eigenvalue weighted by atomic mass is 9.92. The normalized spacial score (nSPS) is 11.6. The van der Waals surface area contributed by atoms with Crippen LogP contribution < -0.4 is 43.4 Å². The Balaban J connectivity index is 1.41. The SMILES string of the molecule is NCCNCCCNCCNCc1cc(-c2c3ccccc3cc3ccccc23)cc(CNCCNCCCNCCN)n1. The second-order valence-electron chi connectivity index (χ2n) is 11.2. The molecule has 1 aromatic heterocycles. The molecule has 10 N–H and O–H groups in total. The number of pyridine rings is 1. The largest absolute Gasteiger partial charge is 0.329 e. The van der Waals surface area contributed by atoms with Gasteiger partial charge in [0, 0.05) is 65.4 Å². The maximum Gasteiger partial charge on any atom is 0.0551 e. The molecule has 9 heteroatoms. The second-order valence-corrected chi connectivity index (χ2v) is 11.2. The molecule has 0 saturated carbocycles. The van der Waals surface area contributed by atoms with Crippen LogP contribution in [0.1, 0.15) is 24.2 Å². The number of benzene rings is 3. The fourth-order valence-corrected chi connectivity index (χ4v) is 5.47. The van der Waals surface area contributed by atoms with Crippen molar-refractivity contribution < 1.29 is 0 Å². The molecule has 0 atom stereocenters. The Labute approximate surface area is 263 Å². The molecule has 9 nitrogen and oxygen atoms in total. The molecule has 0 aliphatic rings. The Kier molecular flexibility index (Phi) is 15.5. The van der Waals surface area contributed by atoms with E-state index in [1.807, 2.05) is 0 Å². The highest BCUT2D eigenvalue weighted by Gasteiger charge is 2.12. The van der Waals surface area contributed by atoms with Crippen LogP contribution in [0.5, 0.6) is 0 Å². The summed E-state index contributed by atoms with van der Waals surface area (Å²) in [7, 11) is 0. The zero-order valence-electron chi connectivity index (χ0n) is 26.3. The van der Waals surface area contributed by atoms with E-state index in [1.54, 1.807) is 0 Å². The van der Waals surface area contributed by atoms with Crippen molar-refractivity contribution in [2.24, 2.45) is 11.5 Å². The van der Waals surface area contributed by atoms with E-state index in [0.29, 0.717) is 13.1 Å². The molecule has 1 heterocycles. The van der Waals surface area contributed by atoms with E-state index in [1.165, 1.54) is 32.7 Å². The Hall–Kier alpha value is -2.99. The molecule has 238 valence electrons. The van der Waals surface area contributed by atoms with Gasteiger partial charge in [0.15, 0.2) is 0 Å². The third kappa shape index (κ3) is 11.2. The Morgan fingerprint density at radius 1 is 0.477 bits per heavy atom. The van der Waals surface area contributed by atoms with Crippen molar-refractivity contribution in [2.45, 2.75) is 25.9 Å². The van der Waals surface area contributed by atoms with Crippen molar-refractivity contribution in [3.63, 3.8) is 0 Å². The molecular formula is C35H53N9. The zero-order valence-corrected chi connectivity index (χ0v) is 26.3. The molecule has 4 aromatic rings. The minimum atomic E-state index is 0.687. The van der Waals surface area contributed by atoms with Crippen molar-refractivity contribution >= 4 is 21.5 Å². The Morgan fingerprint density at radius 2 is 0.909 bits per heavy atom. The van der Waals surface area contributed by atoms with E-state index >= 15 is 0 Å². The number of nitrogens with two attached hydrogens (primary N) is 2. The summed E-state index contributed by atoms with van der Waals surface area (Å²) in [5, 5.41) is 26.0. The minimum absolute atomic E-state index is 0.687. The predicted molar refractivity (Wildman–Crippen MR) is 187 cm³/mol. The van der Waals surface area contributed by atoms with Gasteiger partial charge in [0.1, 0.15) is 0 Å². The average molecular weight is 600 g/mol. The molecular weight excluding hydrogens is 546 g/mol. The molecule has 0 aliphatic carbocycles. The third-order valence-corrected chi connectivity index (χ3v) is 7.62. The number of fused-ring (bicyclic) bond motifs is 2. The summed E-state index contributed by atoms with van der Waals surface area (Å²) < 4.78 is 0. The van der Waals surface area contributed by atoms with Crippen molar-refractivity contribution in [3.8, 4) is 11.1 Å². The van der Waals surface area contributed by atoms with Crippen LogP contribution in [0.4, 0.5) is 0 Å². The van der Waals surface area contributed by atoms with E-state index in [0.717, 1.165) is 103 Å². The first-order valence-electron chi connectivity index (χ1n) is 16.4. The van der Waals surface area contributed by atoms with Crippen LogP contribution in [0, 0.1) is 0 Å². The van der Waals surface area contributed by atoms with Crippen molar-refractivity contribution in [2.75, 3.05) is 78.5 Å². The van der Waals surface area contributed by atoms with Gasteiger partial charge in [-0.1, -0.05) is 48.5 Å². The summed E-state index contributed by atoms with van der Waals surface area (Å²) in [5.41, 5.74) is 15.7. The van der Waals surface area contributed by atoms with Gasteiger partial charge in [-0.25, -0.2) is 0 Å². The predicted octanol–water partition coefficient (Wildman–Crippen LogP) is 2.29. The van der Waals surface area contributed by atoms with Crippen molar-refractivity contribution in [1.29, 1.82) is 0 Å². The highest BCUT2D eigenvalue weighted by molar-refractivity contribution is 6.12. The topological polar surface area (TPSA) is 137 Å². The van der Waals surface area contributed by atoms with Gasteiger partial charge in [0.25, 0.3) is 0 Å². The third-order valence-electron chi connectivity index (χ3n) is 7.62. The van der Waals surface area contributed by atoms with E-state index in [-0.39, 0.29) is 0 Å². The van der Waals surface area contributed by atoms with Gasteiger partial charge in [-0.3, -0.25) is 4.98 Å². The summed E-state index contributed by atoms with van der Waals surface area (Å²) >= 11 is 0. The monoisotopic (exact) mass is 599 g/mol. The van der Waals surface area contributed by atoms with Gasteiger partial charge in [-0.2, -0.15) is 0 Å². The summed E-state index contributed by atoms with van der Waals surface area (Å²) in [6.45, 7) is 12.2. The van der Waals surface area contributed by atoms with Gasteiger partial charge in [-0.15, -0.1) is 0 Å². The number of rotatable bonds is 23. The summed E-state index contributed by atoms with van der Waals surface area (Å²) in [6.07, 6.45) is 2.20. The van der Waals surface area contributed by atoms with E-state index in [4.69, 9.17) is 16.5 Å². The van der Waals surface area contributed by atoms with Gasteiger partial charge < -0.3 is 43.4 Å². The molecule has 0 fully saturated rings. The molecule has 0 spiro atoms. The van der Waals surface area contributed by atoms with Crippen LogP contribution in [0.15, 0.2) is 66.7 Å². The molecule has 0 amide bonds. The fraction of sp³-hybridized carbons (Fsp3) is 0.457. The highest BCUT2D eigenvalue weighted by atomic mass is 15.0. The molecule has 4 rings (SSSR count). The average Bonchev–Trinajstić information content (AvgIpc) is 3.05. The fourth-order valence-electron chi connectivity index (χ4n) is 5.47. The molecule has 0 unspecified atom stereocenters. The summed E-state index contributed by atoms with van der Waals surface area (Å²) in [6, 6.07) is 24.2. The van der Waals surface area contributed by atoms with Crippen molar-refractivity contribution in [1.82, 2.24) is 36.9 Å². The van der Waals surface area contributed by atoms with Gasteiger partial charge in [-0.05, 0) is 89.9 Å². The van der Waals surface area contributed by atoms with Gasteiger partial charge in [0.2, 0.25) is 0 Å². The minimum Gasteiger partial charge on any atom is -0.329 e. The van der Waals surface area contributed by atoms with E-state index < -0.39 is 0 Å². The van der Waals surface area contributed by atoms with Crippen LogP contribution in [-0.2, 0) is 13.1 Å². The summed E-state index contributed by atoms with van der Waals surface area (Å²) in [5.74, 6) is 0. The highest BCUT2D eigenvalue weighted by Crippen LogP contribution is 2.36. The summed E-state index contributed by atoms with van der Waals surface area (Å²) in [4.78, 5) is 5.07. The number of hydrogen-bond donors (Lipinski definition) is 8. The van der Waals surface area contributed by atoms with Crippen LogP contribution >= 0.6 is 0 Å². The number of nitrogens with one attached hydrogen (secondary N) is 6. The molecule has 0 bridgehead atoms. The first kappa shape index (κ1) is 33.9. The molecule has 0 radical (unpaired) electrons. The maximum absolute atomic E-state index is 5.53. The Bertz CT molecular complexity index is 1280. The molecule has 44 heavy (non-hydrogen) atoms. The first-order valence-corrected chi connectivity index (χ1v) is 16.4. The number of nitrogens with zero attached hydrogens (tertiary/aromatic N) is 1. The number of hydrogen-bond acceptors (Lipinski definition) is 9. The standard InChI is InChI=1S/C35H53N9/c36-11-17-38-13-5-15-40-19-21-42-26-31-24-30(25-32(44-31)27-43-22-20-41-16-6-14-39-18-12-37)35-33-9-3-1-7-28(33)23-29-8-2-4-10-34(29)35/h1-4,7-10,23-25,38-43H,5-6,11-22,26-27,36-37H2. The number of aromatic nitrogens is 1. The van der Waals surface area contributed by atoms with E-state index in [9.17, 15) is 0 Å². The Morgan fingerprint density at radius 3 is 1.39 bits per heavy atom. The molecule has 0 saturated heterocycles. The van der Waals surface area contributed by atoms with Crippen LogP contribution in [0.25, 0.3) is 32.7 Å².